The number of rotatable bonds is 2. The van der Waals surface area contributed by atoms with E-state index in [1.165, 1.54) is 12.1 Å². The molecule has 1 aliphatic rings. The Morgan fingerprint density at radius 1 is 1.43 bits per heavy atom. The van der Waals surface area contributed by atoms with E-state index < -0.39 is 0 Å². The van der Waals surface area contributed by atoms with Crippen molar-refractivity contribution in [2.45, 2.75) is 18.9 Å². The summed E-state index contributed by atoms with van der Waals surface area (Å²) in [4.78, 5) is 4.25. The molecule has 1 aromatic carbocycles. The third-order valence-electron chi connectivity index (χ3n) is 2.03. The molecule has 0 aliphatic heterocycles. The van der Waals surface area contributed by atoms with Crippen molar-refractivity contribution in [1.82, 2.24) is 0 Å². The van der Waals surface area contributed by atoms with Crippen molar-refractivity contribution in [2.24, 2.45) is 10.7 Å². The van der Waals surface area contributed by atoms with Crippen LogP contribution in [-0.2, 0) is 0 Å². The molecule has 0 aromatic heterocycles. The van der Waals surface area contributed by atoms with E-state index in [4.69, 9.17) is 5.73 Å². The molecule has 2 nitrogen and oxygen atoms in total. The molecule has 14 heavy (non-hydrogen) atoms. The van der Waals surface area contributed by atoms with E-state index in [1.54, 1.807) is 6.07 Å². The first kappa shape index (κ1) is 9.65. The summed E-state index contributed by atoms with van der Waals surface area (Å²) in [5.41, 5.74) is 6.38. The Labute approximate surface area is 90.2 Å². The van der Waals surface area contributed by atoms with E-state index in [1.807, 2.05) is 0 Å². The van der Waals surface area contributed by atoms with Crippen molar-refractivity contribution in [3.63, 3.8) is 0 Å². The molecule has 2 N–H and O–H groups in total. The quantitative estimate of drug-likeness (QED) is 0.641. The standard InChI is InChI=1S/C10H10BrFN2/c11-7-3-6(4-8(12)5-7)10(13)14-9-1-2-9/h3-5,9H,1-2H2,(H2,13,14). The zero-order valence-corrected chi connectivity index (χ0v) is 9.09. The van der Waals surface area contributed by atoms with Crippen LogP contribution < -0.4 is 5.73 Å². The molecule has 0 heterocycles. The summed E-state index contributed by atoms with van der Waals surface area (Å²) in [5, 5.41) is 0. The number of amidine groups is 1. The molecule has 74 valence electrons. The number of hydrogen-bond donors (Lipinski definition) is 1. The maximum atomic E-state index is 13.0. The van der Waals surface area contributed by atoms with E-state index in [9.17, 15) is 4.39 Å². The first-order valence-corrected chi connectivity index (χ1v) is 5.24. The Morgan fingerprint density at radius 2 is 2.14 bits per heavy atom. The Bertz CT molecular complexity index is 365. The van der Waals surface area contributed by atoms with Gasteiger partial charge in [-0.25, -0.2) is 4.39 Å². The largest absolute Gasteiger partial charge is 0.383 e. The van der Waals surface area contributed by atoms with Crippen LogP contribution in [0.5, 0.6) is 0 Å². The molecular weight excluding hydrogens is 247 g/mol. The highest BCUT2D eigenvalue weighted by Gasteiger charge is 2.20. The van der Waals surface area contributed by atoms with Gasteiger partial charge in [0.25, 0.3) is 0 Å². The van der Waals surface area contributed by atoms with Gasteiger partial charge in [-0.1, -0.05) is 15.9 Å². The summed E-state index contributed by atoms with van der Waals surface area (Å²) in [6, 6.07) is 4.92. The second kappa shape index (κ2) is 3.69. The van der Waals surface area contributed by atoms with Crippen LogP contribution in [0.4, 0.5) is 4.39 Å². The molecule has 0 saturated heterocycles. The Kier molecular flexibility index (Phi) is 2.54. The van der Waals surface area contributed by atoms with Gasteiger partial charge in [-0.15, -0.1) is 0 Å². The average Bonchev–Trinajstić information content (AvgIpc) is 2.86. The number of halogens is 2. The van der Waals surface area contributed by atoms with Gasteiger partial charge in [-0.3, -0.25) is 4.99 Å². The fraction of sp³-hybridized carbons (Fsp3) is 0.300. The van der Waals surface area contributed by atoms with E-state index in [0.29, 0.717) is 21.9 Å². The van der Waals surface area contributed by atoms with Crippen LogP contribution in [0.1, 0.15) is 18.4 Å². The normalized spacial score (nSPS) is 17.1. The zero-order chi connectivity index (χ0) is 10.1. The van der Waals surface area contributed by atoms with Crippen LogP contribution in [0.25, 0.3) is 0 Å². The van der Waals surface area contributed by atoms with Crippen molar-refractivity contribution in [2.75, 3.05) is 0 Å². The highest BCUT2D eigenvalue weighted by atomic mass is 79.9. The lowest BCUT2D eigenvalue weighted by Crippen LogP contribution is -2.14. The summed E-state index contributed by atoms with van der Waals surface area (Å²) < 4.78 is 13.7. The van der Waals surface area contributed by atoms with Crippen molar-refractivity contribution in [3.8, 4) is 0 Å². The van der Waals surface area contributed by atoms with Crippen LogP contribution in [0.3, 0.4) is 0 Å². The van der Waals surface area contributed by atoms with Gasteiger partial charge in [0.15, 0.2) is 0 Å². The summed E-state index contributed by atoms with van der Waals surface area (Å²) in [5.74, 6) is 0.121. The van der Waals surface area contributed by atoms with Crippen LogP contribution >= 0.6 is 15.9 Å². The summed E-state index contributed by atoms with van der Waals surface area (Å²) in [6.45, 7) is 0. The molecule has 0 radical (unpaired) electrons. The van der Waals surface area contributed by atoms with Crippen LogP contribution in [-0.4, -0.2) is 11.9 Å². The lowest BCUT2D eigenvalue weighted by atomic mass is 10.2. The lowest BCUT2D eigenvalue weighted by Gasteiger charge is -2.01. The zero-order valence-electron chi connectivity index (χ0n) is 7.50. The monoisotopic (exact) mass is 256 g/mol. The summed E-state index contributed by atoms with van der Waals surface area (Å²) >= 11 is 3.21. The number of nitrogens with two attached hydrogens (primary N) is 1. The van der Waals surface area contributed by atoms with Gasteiger partial charge < -0.3 is 5.73 Å². The van der Waals surface area contributed by atoms with Crippen molar-refractivity contribution < 1.29 is 4.39 Å². The topological polar surface area (TPSA) is 38.4 Å². The average molecular weight is 257 g/mol. The smallest absolute Gasteiger partial charge is 0.126 e. The van der Waals surface area contributed by atoms with Crippen molar-refractivity contribution in [1.29, 1.82) is 0 Å². The molecule has 0 spiro atoms. The van der Waals surface area contributed by atoms with Gasteiger partial charge >= 0.3 is 0 Å². The highest BCUT2D eigenvalue weighted by Crippen LogP contribution is 2.24. The highest BCUT2D eigenvalue weighted by molar-refractivity contribution is 9.10. The van der Waals surface area contributed by atoms with Gasteiger partial charge in [0, 0.05) is 10.0 Å². The molecule has 0 bridgehead atoms. The molecule has 1 aliphatic carbocycles. The molecule has 1 fully saturated rings. The third kappa shape index (κ3) is 2.32. The maximum Gasteiger partial charge on any atom is 0.126 e. The molecule has 0 atom stereocenters. The van der Waals surface area contributed by atoms with E-state index in [-0.39, 0.29) is 5.82 Å². The van der Waals surface area contributed by atoms with E-state index in [0.717, 1.165) is 12.8 Å². The van der Waals surface area contributed by atoms with Gasteiger partial charge in [-0.05, 0) is 31.0 Å². The molecule has 4 heteroatoms. The van der Waals surface area contributed by atoms with Crippen LogP contribution in [0.15, 0.2) is 27.7 Å². The Hall–Kier alpha value is -0.900. The Morgan fingerprint density at radius 3 is 2.71 bits per heavy atom. The fourth-order valence-electron chi connectivity index (χ4n) is 1.18. The molecule has 1 aromatic rings. The second-order valence-electron chi connectivity index (χ2n) is 3.40. The predicted octanol–water partition coefficient (Wildman–Crippen LogP) is 2.46. The molecule has 1 saturated carbocycles. The lowest BCUT2D eigenvalue weighted by molar-refractivity contribution is 0.626. The van der Waals surface area contributed by atoms with E-state index in [2.05, 4.69) is 20.9 Å². The number of aliphatic imine (C=N–C) groups is 1. The minimum atomic E-state index is -0.302. The predicted molar refractivity (Wildman–Crippen MR) is 57.8 cm³/mol. The number of nitrogens with zero attached hydrogens (tertiary/aromatic N) is 1. The van der Waals surface area contributed by atoms with E-state index >= 15 is 0 Å². The second-order valence-corrected chi connectivity index (χ2v) is 4.32. The van der Waals surface area contributed by atoms with Crippen molar-refractivity contribution in [3.05, 3.63) is 34.1 Å². The SMILES string of the molecule is NC(=NC1CC1)c1cc(F)cc(Br)c1. The minimum absolute atomic E-state index is 0.302. The fourth-order valence-corrected chi connectivity index (χ4v) is 1.64. The minimum Gasteiger partial charge on any atom is -0.383 e. The first-order valence-electron chi connectivity index (χ1n) is 4.45. The number of hydrogen-bond acceptors (Lipinski definition) is 1. The molecular formula is C10H10BrFN2. The molecule has 0 amide bonds. The summed E-state index contributed by atoms with van der Waals surface area (Å²) in [7, 11) is 0. The Balaban J connectivity index is 2.30. The van der Waals surface area contributed by atoms with Crippen molar-refractivity contribution >= 4 is 21.8 Å². The number of benzene rings is 1. The van der Waals surface area contributed by atoms with Gasteiger partial charge in [0.1, 0.15) is 11.7 Å². The summed E-state index contributed by atoms with van der Waals surface area (Å²) in [6.07, 6.45) is 2.19. The van der Waals surface area contributed by atoms with Crippen LogP contribution in [0.2, 0.25) is 0 Å². The van der Waals surface area contributed by atoms with Gasteiger partial charge in [0.2, 0.25) is 0 Å². The van der Waals surface area contributed by atoms with Crippen LogP contribution in [0, 0.1) is 5.82 Å². The molecule has 2 rings (SSSR count). The maximum absolute atomic E-state index is 13.0. The third-order valence-corrected chi connectivity index (χ3v) is 2.48. The van der Waals surface area contributed by atoms with Gasteiger partial charge in [0.05, 0.1) is 6.04 Å². The molecule has 0 unspecified atom stereocenters. The first-order chi connectivity index (χ1) is 6.65. The van der Waals surface area contributed by atoms with Gasteiger partial charge in [-0.2, -0.15) is 0 Å².